The van der Waals surface area contributed by atoms with Crippen LogP contribution in [0.1, 0.15) is 31.1 Å². The average Bonchev–Trinajstić information content (AvgIpc) is 2.27. The third kappa shape index (κ3) is 2.34. The van der Waals surface area contributed by atoms with Crippen molar-refractivity contribution in [3.63, 3.8) is 0 Å². The van der Waals surface area contributed by atoms with Gasteiger partial charge >= 0.3 is 0 Å². The fraction of sp³-hybridized carbons (Fsp3) is 0.500. The molecule has 0 saturated carbocycles. The molecule has 18 heavy (non-hydrogen) atoms. The lowest BCUT2D eigenvalue weighted by Crippen LogP contribution is -2.53. The van der Waals surface area contributed by atoms with Crippen LogP contribution in [0.4, 0.5) is 11.4 Å². The molecule has 0 atom stereocenters. The Bertz CT molecular complexity index is 469. The normalized spacial score (nSPS) is 18.7. The first kappa shape index (κ1) is 12.9. The lowest BCUT2D eigenvalue weighted by molar-refractivity contribution is 0.0644. The highest BCUT2D eigenvalue weighted by Gasteiger charge is 2.30. The number of hydrogen-bond donors (Lipinski definition) is 1. The number of morpholine rings is 1. The number of benzene rings is 1. The molecule has 1 aromatic rings. The molecule has 2 N–H and O–H groups in total. The smallest absolute Gasteiger partial charge is 0.161 e. The van der Waals surface area contributed by atoms with Crippen LogP contribution in [0.2, 0.25) is 0 Å². The molecule has 0 spiro atoms. The fourth-order valence-electron chi connectivity index (χ4n) is 2.38. The predicted molar refractivity (Wildman–Crippen MR) is 73.1 cm³/mol. The van der Waals surface area contributed by atoms with Crippen molar-refractivity contribution in [1.29, 1.82) is 0 Å². The van der Waals surface area contributed by atoms with Crippen LogP contribution in [-0.2, 0) is 4.74 Å². The van der Waals surface area contributed by atoms with Gasteiger partial charge in [0.1, 0.15) is 0 Å². The van der Waals surface area contributed by atoms with Gasteiger partial charge in [-0.05, 0) is 39.0 Å². The number of nitrogens with zero attached hydrogens (tertiary/aromatic N) is 1. The van der Waals surface area contributed by atoms with Gasteiger partial charge in [0.2, 0.25) is 0 Å². The van der Waals surface area contributed by atoms with Gasteiger partial charge in [0.25, 0.3) is 0 Å². The maximum Gasteiger partial charge on any atom is 0.161 e. The zero-order valence-electron chi connectivity index (χ0n) is 11.2. The summed E-state index contributed by atoms with van der Waals surface area (Å²) in [7, 11) is 0. The standard InChI is InChI=1S/C14H20N2O2/c1-10(17)12-5-4-11(8-13(12)15)16-6-7-18-9-14(16,2)3/h4-5,8H,6-7,9,15H2,1-3H3. The Kier molecular flexibility index (Phi) is 3.30. The SMILES string of the molecule is CC(=O)c1ccc(N2CCOCC2(C)C)cc1N. The number of nitrogen functional groups attached to an aromatic ring is 1. The summed E-state index contributed by atoms with van der Waals surface area (Å²) in [6.07, 6.45) is 0. The van der Waals surface area contributed by atoms with E-state index >= 15 is 0 Å². The van der Waals surface area contributed by atoms with Crippen LogP contribution in [-0.4, -0.2) is 31.1 Å². The maximum atomic E-state index is 11.4. The van der Waals surface area contributed by atoms with Gasteiger partial charge in [-0.15, -0.1) is 0 Å². The molecule has 4 heteroatoms. The van der Waals surface area contributed by atoms with E-state index in [0.717, 1.165) is 18.8 Å². The molecule has 1 heterocycles. The lowest BCUT2D eigenvalue weighted by Gasteiger charge is -2.44. The van der Waals surface area contributed by atoms with Crippen molar-refractivity contribution in [3.05, 3.63) is 23.8 Å². The van der Waals surface area contributed by atoms with Gasteiger partial charge in [-0.2, -0.15) is 0 Å². The summed E-state index contributed by atoms with van der Waals surface area (Å²) in [6.45, 7) is 8.07. The second kappa shape index (κ2) is 4.61. The molecule has 0 aromatic heterocycles. The molecule has 98 valence electrons. The first-order chi connectivity index (χ1) is 8.42. The number of carbonyl (C=O) groups excluding carboxylic acids is 1. The quantitative estimate of drug-likeness (QED) is 0.643. The highest BCUT2D eigenvalue weighted by molar-refractivity contribution is 5.99. The summed E-state index contributed by atoms with van der Waals surface area (Å²) in [5.41, 5.74) is 8.06. The minimum atomic E-state index is -0.0531. The van der Waals surface area contributed by atoms with E-state index in [4.69, 9.17) is 10.5 Å². The molecule has 1 saturated heterocycles. The molecule has 1 aromatic carbocycles. The Labute approximate surface area is 108 Å². The molecular formula is C14H20N2O2. The lowest BCUT2D eigenvalue weighted by atomic mass is 10.00. The van der Waals surface area contributed by atoms with Crippen molar-refractivity contribution >= 4 is 17.2 Å². The number of ketones is 1. The Balaban J connectivity index is 2.34. The number of hydrogen-bond acceptors (Lipinski definition) is 4. The van der Waals surface area contributed by atoms with Gasteiger partial charge < -0.3 is 15.4 Å². The van der Waals surface area contributed by atoms with Gasteiger partial charge in [-0.25, -0.2) is 0 Å². The summed E-state index contributed by atoms with van der Waals surface area (Å²) in [5, 5.41) is 0. The van der Waals surface area contributed by atoms with E-state index in [0.29, 0.717) is 17.9 Å². The van der Waals surface area contributed by atoms with Crippen LogP contribution in [0.25, 0.3) is 0 Å². The highest BCUT2D eigenvalue weighted by atomic mass is 16.5. The summed E-state index contributed by atoms with van der Waals surface area (Å²) < 4.78 is 5.50. The summed E-state index contributed by atoms with van der Waals surface area (Å²) in [5.74, 6) is 0.000266. The summed E-state index contributed by atoms with van der Waals surface area (Å²) in [6, 6.07) is 5.64. The van der Waals surface area contributed by atoms with Gasteiger partial charge in [-0.1, -0.05) is 0 Å². The first-order valence-electron chi connectivity index (χ1n) is 6.18. The minimum Gasteiger partial charge on any atom is -0.398 e. The predicted octanol–water partition coefficient (Wildman–Crippen LogP) is 2.09. The van der Waals surface area contributed by atoms with Crippen LogP contribution in [0.3, 0.4) is 0 Å². The van der Waals surface area contributed by atoms with Crippen LogP contribution in [0, 0.1) is 0 Å². The number of Topliss-reactive ketones (excluding diaryl/α,β-unsaturated/α-hetero) is 1. The highest BCUT2D eigenvalue weighted by Crippen LogP contribution is 2.29. The zero-order valence-corrected chi connectivity index (χ0v) is 11.2. The van der Waals surface area contributed by atoms with Crippen molar-refractivity contribution in [2.45, 2.75) is 26.3 Å². The maximum absolute atomic E-state index is 11.4. The van der Waals surface area contributed by atoms with E-state index in [1.807, 2.05) is 12.1 Å². The molecule has 0 radical (unpaired) electrons. The molecule has 0 unspecified atom stereocenters. The first-order valence-corrected chi connectivity index (χ1v) is 6.18. The van der Waals surface area contributed by atoms with E-state index in [2.05, 4.69) is 18.7 Å². The molecule has 0 amide bonds. The topological polar surface area (TPSA) is 55.6 Å². The zero-order chi connectivity index (χ0) is 13.3. The van der Waals surface area contributed by atoms with Gasteiger partial charge in [0.05, 0.1) is 18.8 Å². The van der Waals surface area contributed by atoms with Crippen molar-refractivity contribution in [1.82, 2.24) is 0 Å². The molecule has 0 aliphatic carbocycles. The average molecular weight is 248 g/mol. The van der Waals surface area contributed by atoms with Crippen LogP contribution in [0.15, 0.2) is 18.2 Å². The van der Waals surface area contributed by atoms with E-state index in [9.17, 15) is 4.79 Å². The minimum absolute atomic E-state index is 0.000266. The van der Waals surface area contributed by atoms with Crippen molar-refractivity contribution in [2.75, 3.05) is 30.4 Å². The third-order valence-corrected chi connectivity index (χ3v) is 3.37. The summed E-state index contributed by atoms with van der Waals surface area (Å²) >= 11 is 0. The van der Waals surface area contributed by atoms with Gasteiger partial charge in [0, 0.05) is 23.5 Å². The molecule has 0 bridgehead atoms. The van der Waals surface area contributed by atoms with E-state index in [1.54, 1.807) is 6.07 Å². The summed E-state index contributed by atoms with van der Waals surface area (Å²) in [4.78, 5) is 13.6. The molecular weight excluding hydrogens is 228 g/mol. The fourth-order valence-corrected chi connectivity index (χ4v) is 2.38. The molecule has 1 aliphatic heterocycles. The third-order valence-electron chi connectivity index (χ3n) is 3.37. The Morgan fingerprint density at radius 3 is 2.72 bits per heavy atom. The molecule has 1 aliphatic rings. The number of nitrogens with two attached hydrogens (primary N) is 1. The number of carbonyl (C=O) groups is 1. The largest absolute Gasteiger partial charge is 0.398 e. The van der Waals surface area contributed by atoms with E-state index in [1.165, 1.54) is 6.92 Å². The molecule has 1 fully saturated rings. The van der Waals surface area contributed by atoms with E-state index < -0.39 is 0 Å². The van der Waals surface area contributed by atoms with Crippen LogP contribution < -0.4 is 10.6 Å². The monoisotopic (exact) mass is 248 g/mol. The molecule has 4 nitrogen and oxygen atoms in total. The Morgan fingerprint density at radius 1 is 1.44 bits per heavy atom. The van der Waals surface area contributed by atoms with Crippen molar-refractivity contribution < 1.29 is 9.53 Å². The van der Waals surface area contributed by atoms with Crippen LogP contribution in [0.5, 0.6) is 0 Å². The Hall–Kier alpha value is -1.55. The molecule has 2 rings (SSSR count). The van der Waals surface area contributed by atoms with Gasteiger partial charge in [0.15, 0.2) is 5.78 Å². The van der Waals surface area contributed by atoms with Crippen molar-refractivity contribution in [2.24, 2.45) is 0 Å². The number of anilines is 2. The van der Waals surface area contributed by atoms with Crippen molar-refractivity contribution in [3.8, 4) is 0 Å². The Morgan fingerprint density at radius 2 is 2.17 bits per heavy atom. The van der Waals surface area contributed by atoms with Crippen LogP contribution >= 0.6 is 0 Å². The van der Waals surface area contributed by atoms with Gasteiger partial charge in [-0.3, -0.25) is 4.79 Å². The number of ether oxygens (including phenoxy) is 1. The second-order valence-electron chi connectivity index (χ2n) is 5.34. The second-order valence-corrected chi connectivity index (χ2v) is 5.34. The number of rotatable bonds is 2. The van der Waals surface area contributed by atoms with E-state index in [-0.39, 0.29) is 11.3 Å².